The van der Waals surface area contributed by atoms with Gasteiger partial charge in [0.25, 0.3) is 5.56 Å². The Hall–Kier alpha value is -3.71. The summed E-state index contributed by atoms with van der Waals surface area (Å²) in [6.07, 6.45) is 4.42. The van der Waals surface area contributed by atoms with Crippen molar-refractivity contribution in [3.8, 4) is 17.1 Å². The first kappa shape index (κ1) is 16.5. The third-order valence-corrected chi connectivity index (χ3v) is 5.41. The highest BCUT2D eigenvalue weighted by Crippen LogP contribution is 2.31. The molecule has 0 saturated heterocycles. The highest BCUT2D eigenvalue weighted by atomic mass is 32.1. The molecule has 136 valence electrons. The molecule has 3 heterocycles. The average molecular weight is 387 g/mol. The van der Waals surface area contributed by atoms with Crippen LogP contribution in [-0.4, -0.2) is 21.0 Å². The molecule has 0 unspecified atom stereocenters. The van der Waals surface area contributed by atoms with Gasteiger partial charge < -0.3 is 9.52 Å². The van der Waals surface area contributed by atoms with Gasteiger partial charge in [-0.1, -0.05) is 30.3 Å². The van der Waals surface area contributed by atoms with Gasteiger partial charge >= 0.3 is 0 Å². The third-order valence-electron chi connectivity index (χ3n) is 4.52. The van der Waals surface area contributed by atoms with Crippen molar-refractivity contribution in [1.29, 1.82) is 0 Å². The predicted molar refractivity (Wildman–Crippen MR) is 110 cm³/mol. The van der Waals surface area contributed by atoms with E-state index in [1.54, 1.807) is 24.5 Å². The van der Waals surface area contributed by atoms with Crippen molar-refractivity contribution in [3.63, 3.8) is 0 Å². The first-order valence-electron chi connectivity index (χ1n) is 8.50. The van der Waals surface area contributed by atoms with Crippen LogP contribution in [0, 0.1) is 0 Å². The van der Waals surface area contributed by atoms with Gasteiger partial charge in [-0.2, -0.15) is 9.78 Å². The summed E-state index contributed by atoms with van der Waals surface area (Å²) in [7, 11) is 0. The topological polar surface area (TPSA) is 80.6 Å². The van der Waals surface area contributed by atoms with Crippen LogP contribution < -0.4 is 5.56 Å². The Balaban J connectivity index is 1.65. The summed E-state index contributed by atoms with van der Waals surface area (Å²) in [6, 6.07) is 14.7. The van der Waals surface area contributed by atoms with Gasteiger partial charge in [-0.05, 0) is 29.0 Å². The summed E-state index contributed by atoms with van der Waals surface area (Å²) in [5.74, 6) is 0.704. The molecule has 0 aliphatic heterocycles. The van der Waals surface area contributed by atoms with Crippen LogP contribution in [0.15, 0.2) is 80.8 Å². The van der Waals surface area contributed by atoms with Gasteiger partial charge in [0.15, 0.2) is 0 Å². The molecule has 6 nitrogen and oxygen atoms in total. The van der Waals surface area contributed by atoms with Gasteiger partial charge in [0.2, 0.25) is 0 Å². The fourth-order valence-corrected chi connectivity index (χ4v) is 4.05. The average Bonchev–Trinajstić information content (AvgIpc) is 3.38. The van der Waals surface area contributed by atoms with E-state index in [2.05, 4.69) is 10.1 Å². The molecule has 3 aromatic heterocycles. The standard InChI is InChI=1S/C21H13N3O3S/c25-17-8-7-13-4-1-2-5-14(13)15(17)10-23-24-12-22-20-19(21(24)26)16(11-28-20)18-6-3-9-27-18/h1-12,25H/b23-10+. The smallest absolute Gasteiger partial charge is 0.283 e. The van der Waals surface area contributed by atoms with Crippen molar-refractivity contribution >= 4 is 38.5 Å². The van der Waals surface area contributed by atoms with Crippen molar-refractivity contribution in [1.82, 2.24) is 9.66 Å². The van der Waals surface area contributed by atoms with Crippen LogP contribution in [0.25, 0.3) is 32.3 Å². The molecule has 0 bridgehead atoms. The van der Waals surface area contributed by atoms with E-state index in [-0.39, 0.29) is 11.3 Å². The molecule has 0 atom stereocenters. The Morgan fingerprint density at radius 1 is 1.14 bits per heavy atom. The number of rotatable bonds is 3. The SMILES string of the molecule is O=c1c2c(-c3ccco3)csc2ncn1/N=C/c1c(O)ccc2ccccc12. The van der Waals surface area contributed by atoms with Crippen LogP contribution >= 0.6 is 11.3 Å². The lowest BCUT2D eigenvalue weighted by atomic mass is 10.0. The zero-order chi connectivity index (χ0) is 19.1. The minimum Gasteiger partial charge on any atom is -0.507 e. The minimum atomic E-state index is -0.298. The van der Waals surface area contributed by atoms with Gasteiger partial charge in [0.05, 0.1) is 17.9 Å². The van der Waals surface area contributed by atoms with Gasteiger partial charge in [-0.3, -0.25) is 4.79 Å². The highest BCUT2D eigenvalue weighted by molar-refractivity contribution is 7.17. The summed E-state index contributed by atoms with van der Waals surface area (Å²) in [5, 5.41) is 18.7. The zero-order valence-electron chi connectivity index (χ0n) is 14.4. The number of fused-ring (bicyclic) bond motifs is 2. The molecular formula is C21H13N3O3S. The molecule has 0 aliphatic carbocycles. The Morgan fingerprint density at radius 3 is 2.89 bits per heavy atom. The largest absolute Gasteiger partial charge is 0.507 e. The molecule has 5 aromatic rings. The molecule has 0 radical (unpaired) electrons. The Kier molecular flexibility index (Phi) is 3.80. The molecule has 0 aliphatic rings. The van der Waals surface area contributed by atoms with Gasteiger partial charge in [-0.15, -0.1) is 11.3 Å². The molecule has 5 rings (SSSR count). The number of phenolic OH excluding ortho intramolecular Hbond substituents is 1. The maximum atomic E-state index is 13.0. The van der Waals surface area contributed by atoms with Crippen molar-refractivity contribution in [2.75, 3.05) is 0 Å². The molecule has 7 heteroatoms. The second-order valence-electron chi connectivity index (χ2n) is 6.17. The fraction of sp³-hybridized carbons (Fsp3) is 0. The van der Waals surface area contributed by atoms with E-state index in [9.17, 15) is 9.90 Å². The lowest BCUT2D eigenvalue weighted by Gasteiger charge is -2.05. The lowest BCUT2D eigenvalue weighted by molar-refractivity contribution is 0.475. The summed E-state index contributed by atoms with van der Waals surface area (Å²) < 4.78 is 6.60. The van der Waals surface area contributed by atoms with Gasteiger partial charge in [-0.25, -0.2) is 4.98 Å². The van der Waals surface area contributed by atoms with Crippen LogP contribution in [0.1, 0.15) is 5.56 Å². The number of phenols is 1. The highest BCUT2D eigenvalue weighted by Gasteiger charge is 2.15. The van der Waals surface area contributed by atoms with Crippen molar-refractivity contribution in [3.05, 3.63) is 82.4 Å². The maximum Gasteiger partial charge on any atom is 0.283 e. The van der Waals surface area contributed by atoms with E-state index in [1.165, 1.54) is 28.6 Å². The van der Waals surface area contributed by atoms with Crippen LogP contribution in [0.2, 0.25) is 0 Å². The molecule has 1 N–H and O–H groups in total. The Bertz CT molecular complexity index is 1400. The number of thiophene rings is 1. The summed E-state index contributed by atoms with van der Waals surface area (Å²) in [4.78, 5) is 17.9. The first-order chi connectivity index (χ1) is 13.7. The van der Waals surface area contributed by atoms with Gasteiger partial charge in [0.1, 0.15) is 22.7 Å². The lowest BCUT2D eigenvalue weighted by Crippen LogP contribution is -2.16. The van der Waals surface area contributed by atoms with E-state index in [4.69, 9.17) is 4.42 Å². The Morgan fingerprint density at radius 2 is 2.04 bits per heavy atom. The predicted octanol–water partition coefficient (Wildman–Crippen LogP) is 4.46. The second kappa shape index (κ2) is 6.47. The molecule has 28 heavy (non-hydrogen) atoms. The third kappa shape index (κ3) is 2.60. The van der Waals surface area contributed by atoms with E-state index >= 15 is 0 Å². The van der Waals surface area contributed by atoms with Crippen molar-refractivity contribution in [2.24, 2.45) is 5.10 Å². The number of benzene rings is 2. The van der Waals surface area contributed by atoms with Crippen molar-refractivity contribution in [2.45, 2.75) is 0 Å². The molecule has 0 fully saturated rings. The zero-order valence-corrected chi connectivity index (χ0v) is 15.3. The monoisotopic (exact) mass is 387 g/mol. The molecular weight excluding hydrogens is 374 g/mol. The Labute approximate surface area is 162 Å². The van der Waals surface area contributed by atoms with E-state index < -0.39 is 0 Å². The molecule has 2 aromatic carbocycles. The normalized spacial score (nSPS) is 11.7. The number of aromatic nitrogens is 2. The number of nitrogens with zero attached hydrogens (tertiary/aromatic N) is 3. The fourth-order valence-electron chi connectivity index (χ4n) is 3.16. The quantitative estimate of drug-likeness (QED) is 0.464. The number of aromatic hydroxyl groups is 1. The van der Waals surface area contributed by atoms with E-state index in [0.717, 1.165) is 10.8 Å². The van der Waals surface area contributed by atoms with Crippen LogP contribution in [0.5, 0.6) is 5.75 Å². The number of hydrogen-bond donors (Lipinski definition) is 1. The summed E-state index contributed by atoms with van der Waals surface area (Å²) in [5.41, 5.74) is 0.940. The molecule has 0 amide bonds. The second-order valence-corrected chi connectivity index (χ2v) is 7.02. The molecule has 0 spiro atoms. The van der Waals surface area contributed by atoms with E-state index in [0.29, 0.717) is 27.1 Å². The maximum absolute atomic E-state index is 13.0. The first-order valence-corrected chi connectivity index (χ1v) is 9.38. The minimum absolute atomic E-state index is 0.0938. The summed E-state index contributed by atoms with van der Waals surface area (Å²) in [6.45, 7) is 0. The van der Waals surface area contributed by atoms with Crippen LogP contribution in [0.4, 0.5) is 0 Å². The number of furan rings is 1. The van der Waals surface area contributed by atoms with E-state index in [1.807, 2.05) is 35.7 Å². The van der Waals surface area contributed by atoms with Crippen LogP contribution in [-0.2, 0) is 0 Å². The molecule has 0 saturated carbocycles. The van der Waals surface area contributed by atoms with Crippen LogP contribution in [0.3, 0.4) is 0 Å². The van der Waals surface area contributed by atoms with Crippen molar-refractivity contribution < 1.29 is 9.52 Å². The number of hydrogen-bond acceptors (Lipinski definition) is 6. The summed E-state index contributed by atoms with van der Waals surface area (Å²) >= 11 is 1.38. The van der Waals surface area contributed by atoms with Gasteiger partial charge in [0, 0.05) is 16.5 Å².